The Kier molecular flexibility index (Phi) is 5.59. The first kappa shape index (κ1) is 18.8. The molecule has 1 atom stereocenters. The lowest BCUT2D eigenvalue weighted by molar-refractivity contribution is -0.143. The molecule has 0 amide bonds. The third kappa shape index (κ3) is 5.23. The normalized spacial score (nSPS) is 18.5. The smallest absolute Gasteiger partial charge is 0.361 e. The minimum Gasteiger partial charge on any atom is -0.361 e. The van der Waals surface area contributed by atoms with Gasteiger partial charge in [-0.2, -0.15) is 26.3 Å². The Morgan fingerprint density at radius 1 is 1.08 bits per heavy atom. The number of benzene rings is 1. The van der Waals surface area contributed by atoms with Gasteiger partial charge in [0.2, 0.25) is 0 Å². The van der Waals surface area contributed by atoms with Crippen LogP contribution in [-0.2, 0) is 12.4 Å². The summed E-state index contributed by atoms with van der Waals surface area (Å²) in [7, 11) is 0. The number of hydrogen-bond donors (Lipinski definition) is 3. The van der Waals surface area contributed by atoms with Crippen LogP contribution in [0.15, 0.2) is 18.2 Å². The van der Waals surface area contributed by atoms with E-state index in [0.29, 0.717) is 18.7 Å². The fraction of sp³-hybridized carbons (Fsp3) is 0.500. The molecule has 1 aliphatic heterocycles. The zero-order valence-electron chi connectivity index (χ0n) is 12.3. The van der Waals surface area contributed by atoms with Crippen molar-refractivity contribution in [2.75, 3.05) is 18.4 Å². The maximum absolute atomic E-state index is 12.8. The second-order valence-corrected chi connectivity index (χ2v) is 5.83. The highest BCUT2D eigenvalue weighted by Crippen LogP contribution is 2.37. The molecule has 0 aliphatic carbocycles. The van der Waals surface area contributed by atoms with Gasteiger partial charge in [0.1, 0.15) is 0 Å². The molecule has 2 rings (SSSR count). The van der Waals surface area contributed by atoms with Gasteiger partial charge in [0, 0.05) is 18.3 Å². The van der Waals surface area contributed by atoms with Gasteiger partial charge in [0.25, 0.3) is 0 Å². The molecule has 0 spiro atoms. The largest absolute Gasteiger partial charge is 0.416 e. The van der Waals surface area contributed by atoms with E-state index >= 15 is 0 Å². The highest BCUT2D eigenvalue weighted by molar-refractivity contribution is 7.80. The van der Waals surface area contributed by atoms with Gasteiger partial charge in [0.05, 0.1) is 11.1 Å². The Bertz CT molecular complexity index is 561. The third-order valence-corrected chi connectivity index (χ3v) is 3.76. The Balaban J connectivity index is 2.11. The fourth-order valence-corrected chi connectivity index (χ4v) is 2.55. The molecule has 1 saturated heterocycles. The van der Waals surface area contributed by atoms with Crippen molar-refractivity contribution in [3.8, 4) is 0 Å². The summed E-state index contributed by atoms with van der Waals surface area (Å²) in [6.07, 6.45) is -7.84. The van der Waals surface area contributed by atoms with Crippen LogP contribution in [0.1, 0.15) is 24.0 Å². The average molecular weight is 371 g/mol. The van der Waals surface area contributed by atoms with E-state index in [1.807, 2.05) is 0 Å². The molecule has 1 aromatic rings. The predicted molar refractivity (Wildman–Crippen MR) is 81.7 cm³/mol. The molecule has 10 heteroatoms. The van der Waals surface area contributed by atoms with Crippen molar-refractivity contribution in [3.63, 3.8) is 0 Å². The summed E-state index contributed by atoms with van der Waals surface area (Å²) < 4.78 is 76.6. The molecule has 3 nitrogen and oxygen atoms in total. The van der Waals surface area contributed by atoms with Crippen LogP contribution in [0.2, 0.25) is 0 Å². The molecule has 0 radical (unpaired) electrons. The average Bonchev–Trinajstić information content (AvgIpc) is 2.96. The van der Waals surface area contributed by atoms with Gasteiger partial charge in [-0.1, -0.05) is 0 Å². The van der Waals surface area contributed by atoms with Gasteiger partial charge in [-0.3, -0.25) is 0 Å². The minimum atomic E-state index is -4.89. The standard InChI is InChI=1S/C14H15F6N3S/c15-13(16,17)8-4-9(14(18,19)20)6-11(5-8)23-12(24)22-7-10-2-1-3-21-10/h4-6,10,21H,1-3,7H2,(H2,22,23,24)/t10-/m0/s1. The first-order valence-electron chi connectivity index (χ1n) is 7.13. The zero-order chi connectivity index (χ0) is 18.0. The maximum Gasteiger partial charge on any atom is 0.416 e. The SMILES string of the molecule is FC(F)(F)c1cc(NC(=S)NC[C@@H]2CCCN2)cc(C(F)(F)F)c1. The number of nitrogens with one attached hydrogen (secondary N) is 3. The molecule has 24 heavy (non-hydrogen) atoms. The van der Waals surface area contributed by atoms with E-state index in [4.69, 9.17) is 12.2 Å². The predicted octanol–water partition coefficient (Wildman–Crippen LogP) is 3.76. The highest BCUT2D eigenvalue weighted by atomic mass is 32.1. The summed E-state index contributed by atoms with van der Waals surface area (Å²) in [5, 5.41) is 8.32. The summed E-state index contributed by atoms with van der Waals surface area (Å²) in [4.78, 5) is 0. The number of halogens is 6. The molecule has 1 heterocycles. The molecule has 1 aliphatic rings. The molecule has 0 unspecified atom stereocenters. The van der Waals surface area contributed by atoms with Crippen molar-refractivity contribution >= 4 is 23.0 Å². The van der Waals surface area contributed by atoms with Crippen molar-refractivity contribution in [2.45, 2.75) is 31.2 Å². The van der Waals surface area contributed by atoms with Crippen LogP contribution in [0.5, 0.6) is 0 Å². The van der Waals surface area contributed by atoms with E-state index in [1.54, 1.807) is 0 Å². The summed E-state index contributed by atoms with van der Waals surface area (Å²) >= 11 is 4.93. The highest BCUT2D eigenvalue weighted by Gasteiger charge is 2.37. The van der Waals surface area contributed by atoms with Crippen LogP contribution in [-0.4, -0.2) is 24.2 Å². The van der Waals surface area contributed by atoms with E-state index in [9.17, 15) is 26.3 Å². The summed E-state index contributed by atoms with van der Waals surface area (Å²) in [6.45, 7) is 1.31. The lowest BCUT2D eigenvalue weighted by Gasteiger charge is -2.17. The van der Waals surface area contributed by atoms with Crippen LogP contribution in [0.25, 0.3) is 0 Å². The summed E-state index contributed by atoms with van der Waals surface area (Å²) in [6, 6.07) is 1.44. The quantitative estimate of drug-likeness (QED) is 0.559. The molecular formula is C14H15F6N3S. The first-order valence-corrected chi connectivity index (χ1v) is 7.54. The van der Waals surface area contributed by atoms with Gasteiger partial charge in [-0.25, -0.2) is 0 Å². The lowest BCUT2D eigenvalue weighted by Crippen LogP contribution is -2.39. The second-order valence-electron chi connectivity index (χ2n) is 5.42. The Labute approximate surface area is 139 Å². The number of thiocarbonyl (C=S) groups is 1. The lowest BCUT2D eigenvalue weighted by atomic mass is 10.1. The van der Waals surface area contributed by atoms with E-state index in [-0.39, 0.29) is 22.9 Å². The summed E-state index contributed by atoms with van der Waals surface area (Å²) in [5.74, 6) is 0. The van der Waals surface area contributed by atoms with Crippen molar-refractivity contribution in [1.29, 1.82) is 0 Å². The van der Waals surface area contributed by atoms with Gasteiger partial charge < -0.3 is 16.0 Å². The Morgan fingerprint density at radius 3 is 2.12 bits per heavy atom. The molecule has 0 aromatic heterocycles. The fourth-order valence-electron chi connectivity index (χ4n) is 2.35. The molecule has 0 bridgehead atoms. The van der Waals surface area contributed by atoms with Crippen LogP contribution >= 0.6 is 12.2 Å². The Hall–Kier alpha value is -1.55. The van der Waals surface area contributed by atoms with Gasteiger partial charge >= 0.3 is 12.4 Å². The van der Waals surface area contributed by atoms with E-state index in [2.05, 4.69) is 16.0 Å². The number of alkyl halides is 6. The van der Waals surface area contributed by atoms with Gasteiger partial charge in [0.15, 0.2) is 5.11 Å². The maximum atomic E-state index is 12.8. The molecule has 134 valence electrons. The van der Waals surface area contributed by atoms with Crippen LogP contribution < -0.4 is 16.0 Å². The van der Waals surface area contributed by atoms with E-state index < -0.39 is 23.5 Å². The van der Waals surface area contributed by atoms with E-state index in [1.165, 1.54) is 0 Å². The van der Waals surface area contributed by atoms with E-state index in [0.717, 1.165) is 19.4 Å². The second kappa shape index (κ2) is 7.14. The topological polar surface area (TPSA) is 36.1 Å². The van der Waals surface area contributed by atoms with Crippen molar-refractivity contribution in [3.05, 3.63) is 29.3 Å². The molecule has 3 N–H and O–H groups in total. The van der Waals surface area contributed by atoms with Crippen LogP contribution in [0.4, 0.5) is 32.0 Å². The molecule has 0 saturated carbocycles. The number of anilines is 1. The van der Waals surface area contributed by atoms with Crippen molar-refractivity contribution in [1.82, 2.24) is 10.6 Å². The van der Waals surface area contributed by atoms with Crippen molar-refractivity contribution in [2.24, 2.45) is 0 Å². The zero-order valence-corrected chi connectivity index (χ0v) is 13.1. The van der Waals surface area contributed by atoms with Gasteiger partial charge in [-0.05, 0) is 49.8 Å². The van der Waals surface area contributed by atoms with Crippen LogP contribution in [0.3, 0.4) is 0 Å². The number of hydrogen-bond acceptors (Lipinski definition) is 2. The molecule has 1 aromatic carbocycles. The number of rotatable bonds is 3. The van der Waals surface area contributed by atoms with Gasteiger partial charge in [-0.15, -0.1) is 0 Å². The molecular weight excluding hydrogens is 356 g/mol. The monoisotopic (exact) mass is 371 g/mol. The Morgan fingerprint density at radius 2 is 1.67 bits per heavy atom. The van der Waals surface area contributed by atoms with Crippen molar-refractivity contribution < 1.29 is 26.3 Å². The summed E-state index contributed by atoms with van der Waals surface area (Å²) in [5.41, 5.74) is -3.14. The third-order valence-electron chi connectivity index (χ3n) is 3.52. The minimum absolute atomic E-state index is 0.0313. The molecule has 1 fully saturated rings. The van der Waals surface area contributed by atoms with Crippen LogP contribution in [0, 0.1) is 0 Å². The first-order chi connectivity index (χ1) is 11.1.